The normalized spacial score (nSPS) is 15.8. The molecule has 1 unspecified atom stereocenters. The molecule has 2 aromatic rings. The molecule has 1 aliphatic rings. The Morgan fingerprint density at radius 1 is 0.931 bits per heavy atom. The fourth-order valence-corrected chi connectivity index (χ4v) is 3.89. The molecule has 8 heteroatoms. The number of nitrogens with zero attached hydrogens (tertiary/aromatic N) is 2. The highest BCUT2D eigenvalue weighted by atomic mass is 35.5. The zero-order valence-electron chi connectivity index (χ0n) is 16.2. The molecule has 1 heterocycles. The van der Waals surface area contributed by atoms with Crippen molar-refractivity contribution in [1.29, 1.82) is 0 Å². The first-order chi connectivity index (χ1) is 13.8. The lowest BCUT2D eigenvalue weighted by atomic mass is 10.1. The number of carbonyl (C=O) groups excluding carboxylic acids is 2. The van der Waals surface area contributed by atoms with E-state index in [9.17, 15) is 9.59 Å². The topological polar surface area (TPSA) is 52.7 Å². The molecule has 29 heavy (non-hydrogen) atoms. The van der Waals surface area contributed by atoms with Gasteiger partial charge in [0.05, 0.1) is 26.8 Å². The number of hydrogen-bond donors (Lipinski definition) is 1. The van der Waals surface area contributed by atoms with Crippen LogP contribution < -0.4 is 10.2 Å². The van der Waals surface area contributed by atoms with Crippen LogP contribution in [-0.4, -0.2) is 48.8 Å². The van der Waals surface area contributed by atoms with Crippen LogP contribution in [0.15, 0.2) is 36.4 Å². The molecule has 1 N–H and O–H groups in total. The van der Waals surface area contributed by atoms with Crippen LogP contribution in [0.3, 0.4) is 0 Å². The van der Waals surface area contributed by atoms with Gasteiger partial charge >= 0.3 is 0 Å². The summed E-state index contributed by atoms with van der Waals surface area (Å²) in [5.74, 6) is -0.0900. The SMILES string of the molecule is CC(=O)c1ccc(N2CCN(C(C)C(=O)Nc3cc(Cl)c(Cl)cc3Cl)CC2)cc1. The lowest BCUT2D eigenvalue weighted by Crippen LogP contribution is -2.52. The number of piperazine rings is 1. The van der Waals surface area contributed by atoms with Crippen LogP contribution in [0, 0.1) is 0 Å². The van der Waals surface area contributed by atoms with E-state index in [0.29, 0.717) is 26.3 Å². The van der Waals surface area contributed by atoms with Gasteiger partial charge in [0.25, 0.3) is 0 Å². The monoisotopic (exact) mass is 453 g/mol. The first-order valence-electron chi connectivity index (χ1n) is 9.31. The van der Waals surface area contributed by atoms with Crippen molar-refractivity contribution in [1.82, 2.24) is 4.90 Å². The molecule has 154 valence electrons. The number of anilines is 2. The van der Waals surface area contributed by atoms with Crippen molar-refractivity contribution < 1.29 is 9.59 Å². The van der Waals surface area contributed by atoms with Gasteiger partial charge in [0.15, 0.2) is 5.78 Å². The van der Waals surface area contributed by atoms with Crippen molar-refractivity contribution in [2.45, 2.75) is 19.9 Å². The Bertz CT molecular complexity index is 910. The number of nitrogens with one attached hydrogen (secondary N) is 1. The van der Waals surface area contributed by atoms with Crippen LogP contribution in [0.25, 0.3) is 0 Å². The van der Waals surface area contributed by atoms with E-state index in [4.69, 9.17) is 34.8 Å². The van der Waals surface area contributed by atoms with E-state index < -0.39 is 0 Å². The summed E-state index contributed by atoms with van der Waals surface area (Å²) >= 11 is 18.1. The highest BCUT2D eigenvalue weighted by Crippen LogP contribution is 2.32. The van der Waals surface area contributed by atoms with Gasteiger partial charge in [0.2, 0.25) is 5.91 Å². The fraction of sp³-hybridized carbons (Fsp3) is 0.333. The number of rotatable bonds is 5. The summed E-state index contributed by atoms with van der Waals surface area (Å²) in [4.78, 5) is 28.5. The number of hydrogen-bond acceptors (Lipinski definition) is 4. The van der Waals surface area contributed by atoms with E-state index in [2.05, 4.69) is 15.1 Å². The lowest BCUT2D eigenvalue weighted by Gasteiger charge is -2.38. The molecule has 0 aliphatic carbocycles. The Morgan fingerprint density at radius 3 is 2.10 bits per heavy atom. The maximum Gasteiger partial charge on any atom is 0.241 e. The molecule has 0 aromatic heterocycles. The summed E-state index contributed by atoms with van der Waals surface area (Å²) in [6.07, 6.45) is 0. The van der Waals surface area contributed by atoms with Gasteiger partial charge in [0, 0.05) is 37.4 Å². The molecule has 1 aliphatic heterocycles. The third kappa shape index (κ3) is 5.23. The first-order valence-corrected chi connectivity index (χ1v) is 10.4. The predicted octanol–water partition coefficient (Wildman–Crippen LogP) is 5.00. The van der Waals surface area contributed by atoms with Gasteiger partial charge in [-0.05, 0) is 50.2 Å². The van der Waals surface area contributed by atoms with Crippen LogP contribution in [0.1, 0.15) is 24.2 Å². The van der Waals surface area contributed by atoms with Crippen molar-refractivity contribution >= 4 is 57.9 Å². The molecule has 2 aromatic carbocycles. The number of carbonyl (C=O) groups is 2. The molecule has 0 saturated carbocycles. The number of benzene rings is 2. The Morgan fingerprint density at radius 2 is 1.52 bits per heavy atom. The van der Waals surface area contributed by atoms with E-state index in [-0.39, 0.29) is 17.7 Å². The van der Waals surface area contributed by atoms with Crippen molar-refractivity contribution in [2.75, 3.05) is 36.4 Å². The molecular formula is C21H22Cl3N3O2. The quantitative estimate of drug-likeness (QED) is 0.510. The summed E-state index contributed by atoms with van der Waals surface area (Å²) in [6, 6.07) is 10.4. The average Bonchev–Trinajstić information content (AvgIpc) is 2.71. The first kappa shape index (κ1) is 21.9. The maximum atomic E-state index is 12.7. The van der Waals surface area contributed by atoms with Crippen LogP contribution >= 0.6 is 34.8 Å². The van der Waals surface area contributed by atoms with E-state index in [0.717, 1.165) is 31.9 Å². The molecule has 5 nitrogen and oxygen atoms in total. The molecule has 0 spiro atoms. The Hall–Kier alpha value is -1.79. The minimum Gasteiger partial charge on any atom is -0.369 e. The number of halogens is 3. The minimum atomic E-state index is -0.317. The highest BCUT2D eigenvalue weighted by molar-refractivity contribution is 6.44. The molecule has 1 saturated heterocycles. The summed E-state index contributed by atoms with van der Waals surface area (Å²) in [6.45, 7) is 6.52. The van der Waals surface area contributed by atoms with Gasteiger partial charge in [-0.25, -0.2) is 0 Å². The largest absolute Gasteiger partial charge is 0.369 e. The molecule has 1 atom stereocenters. The molecule has 0 bridgehead atoms. The zero-order chi connectivity index (χ0) is 21.1. The average molecular weight is 455 g/mol. The van der Waals surface area contributed by atoms with Crippen molar-refractivity contribution in [2.24, 2.45) is 0 Å². The minimum absolute atomic E-state index is 0.0586. The Balaban J connectivity index is 1.58. The third-order valence-corrected chi connectivity index (χ3v) is 6.18. The van der Waals surface area contributed by atoms with Gasteiger partial charge in [-0.2, -0.15) is 0 Å². The zero-order valence-corrected chi connectivity index (χ0v) is 18.5. The van der Waals surface area contributed by atoms with E-state index in [1.54, 1.807) is 13.0 Å². The summed E-state index contributed by atoms with van der Waals surface area (Å²) in [5.41, 5.74) is 2.23. The Kier molecular flexibility index (Phi) is 7.06. The molecule has 3 rings (SSSR count). The van der Waals surface area contributed by atoms with Crippen LogP contribution in [-0.2, 0) is 4.79 Å². The van der Waals surface area contributed by atoms with Crippen LogP contribution in [0.5, 0.6) is 0 Å². The fourth-order valence-electron chi connectivity index (χ4n) is 3.30. The summed E-state index contributed by atoms with van der Waals surface area (Å²) in [7, 11) is 0. The predicted molar refractivity (Wildman–Crippen MR) is 120 cm³/mol. The second-order valence-electron chi connectivity index (χ2n) is 7.04. The molecule has 0 radical (unpaired) electrons. The highest BCUT2D eigenvalue weighted by Gasteiger charge is 2.26. The van der Waals surface area contributed by atoms with E-state index in [1.807, 2.05) is 31.2 Å². The number of ketones is 1. The second kappa shape index (κ2) is 9.35. The Labute approximate surface area is 185 Å². The van der Waals surface area contributed by atoms with Gasteiger partial charge in [-0.15, -0.1) is 0 Å². The number of Topliss-reactive ketones (excluding diaryl/α,β-unsaturated/α-hetero) is 1. The van der Waals surface area contributed by atoms with Crippen molar-refractivity contribution in [3.8, 4) is 0 Å². The summed E-state index contributed by atoms with van der Waals surface area (Å²) < 4.78 is 0. The third-order valence-electron chi connectivity index (χ3n) is 5.15. The lowest BCUT2D eigenvalue weighted by molar-refractivity contribution is -0.120. The van der Waals surface area contributed by atoms with Crippen LogP contribution in [0.4, 0.5) is 11.4 Å². The molecular weight excluding hydrogens is 433 g/mol. The molecule has 1 fully saturated rings. The van der Waals surface area contributed by atoms with Gasteiger partial charge < -0.3 is 10.2 Å². The smallest absolute Gasteiger partial charge is 0.241 e. The second-order valence-corrected chi connectivity index (χ2v) is 8.26. The van der Waals surface area contributed by atoms with Gasteiger partial charge in [-0.1, -0.05) is 34.8 Å². The van der Waals surface area contributed by atoms with E-state index >= 15 is 0 Å². The number of amides is 1. The van der Waals surface area contributed by atoms with E-state index in [1.165, 1.54) is 6.07 Å². The van der Waals surface area contributed by atoms with Gasteiger partial charge in [-0.3, -0.25) is 14.5 Å². The standard InChI is InChI=1S/C21H22Cl3N3O2/c1-13(21(29)25-20-12-18(23)17(22)11-19(20)24)26-7-9-27(10-8-26)16-5-3-15(4-6-16)14(2)28/h3-6,11-13H,7-10H2,1-2H3,(H,25,29). The summed E-state index contributed by atoms with van der Waals surface area (Å²) in [5, 5.41) is 3.86. The molecule has 1 amide bonds. The van der Waals surface area contributed by atoms with Gasteiger partial charge in [0.1, 0.15) is 0 Å². The van der Waals surface area contributed by atoms with Crippen molar-refractivity contribution in [3.05, 3.63) is 57.0 Å². The maximum absolute atomic E-state index is 12.7. The van der Waals surface area contributed by atoms with Crippen molar-refractivity contribution in [3.63, 3.8) is 0 Å². The van der Waals surface area contributed by atoms with Crippen LogP contribution in [0.2, 0.25) is 15.1 Å².